The Morgan fingerprint density at radius 2 is 0.800 bits per heavy atom. The van der Waals surface area contributed by atoms with Gasteiger partial charge < -0.3 is 0 Å². The lowest BCUT2D eigenvalue weighted by atomic mass is 10.0. The van der Waals surface area contributed by atoms with Crippen molar-refractivity contribution < 1.29 is 0 Å². The minimum absolute atomic E-state index is 1.18. The van der Waals surface area contributed by atoms with Crippen molar-refractivity contribution in [1.82, 2.24) is 3.53 Å². The SMILES string of the molecule is CCCCCCCCCCCCCCCCCCNI. The van der Waals surface area contributed by atoms with Crippen molar-refractivity contribution in [3.8, 4) is 0 Å². The summed E-state index contributed by atoms with van der Waals surface area (Å²) in [6, 6.07) is 0. The molecule has 20 heavy (non-hydrogen) atoms. The van der Waals surface area contributed by atoms with Crippen LogP contribution in [-0.4, -0.2) is 6.54 Å². The second kappa shape index (κ2) is 19.7. The Morgan fingerprint density at radius 1 is 0.500 bits per heavy atom. The van der Waals surface area contributed by atoms with Crippen LogP contribution in [0.15, 0.2) is 0 Å². The Kier molecular flexibility index (Phi) is 20.4. The highest BCUT2D eigenvalue weighted by molar-refractivity contribution is 14.1. The molecule has 0 aromatic rings. The normalized spacial score (nSPS) is 11.1. The zero-order valence-electron chi connectivity index (χ0n) is 13.9. The van der Waals surface area contributed by atoms with E-state index in [4.69, 9.17) is 0 Å². The second-order valence-corrected chi connectivity index (χ2v) is 6.95. The molecule has 2 heteroatoms. The Labute approximate surface area is 142 Å². The first-order valence-corrected chi connectivity index (χ1v) is 10.3. The van der Waals surface area contributed by atoms with Crippen LogP contribution >= 0.6 is 22.9 Å². The molecule has 122 valence electrons. The van der Waals surface area contributed by atoms with Gasteiger partial charge in [-0.3, -0.25) is 3.53 Å². The van der Waals surface area contributed by atoms with Crippen molar-refractivity contribution in [1.29, 1.82) is 0 Å². The highest BCUT2D eigenvalue weighted by atomic mass is 127. The van der Waals surface area contributed by atoms with Gasteiger partial charge in [-0.25, -0.2) is 0 Å². The van der Waals surface area contributed by atoms with Crippen LogP contribution in [0, 0.1) is 0 Å². The van der Waals surface area contributed by atoms with Gasteiger partial charge in [0.2, 0.25) is 0 Å². The number of hydrogen-bond donors (Lipinski definition) is 1. The second-order valence-electron chi connectivity index (χ2n) is 6.19. The summed E-state index contributed by atoms with van der Waals surface area (Å²) in [7, 11) is 0. The van der Waals surface area contributed by atoms with Gasteiger partial charge in [-0.15, -0.1) is 0 Å². The van der Waals surface area contributed by atoms with Gasteiger partial charge in [0.1, 0.15) is 0 Å². The highest BCUT2D eigenvalue weighted by Crippen LogP contribution is 2.13. The zero-order chi connectivity index (χ0) is 14.7. The Balaban J connectivity index is 2.89. The fraction of sp³-hybridized carbons (Fsp3) is 1.00. The summed E-state index contributed by atoms with van der Waals surface area (Å²) < 4.78 is 3.19. The molecule has 0 aliphatic rings. The zero-order valence-corrected chi connectivity index (χ0v) is 16.1. The third-order valence-corrected chi connectivity index (χ3v) is 4.66. The molecular formula is C18H38IN. The van der Waals surface area contributed by atoms with Gasteiger partial charge in [0.25, 0.3) is 0 Å². The van der Waals surface area contributed by atoms with E-state index in [1.807, 2.05) is 0 Å². The fourth-order valence-electron chi connectivity index (χ4n) is 2.74. The molecule has 0 saturated carbocycles. The molecule has 0 unspecified atom stereocenters. The topological polar surface area (TPSA) is 12.0 Å². The van der Waals surface area contributed by atoms with E-state index in [9.17, 15) is 0 Å². The lowest BCUT2D eigenvalue weighted by molar-refractivity contribution is 0.530. The van der Waals surface area contributed by atoms with Gasteiger partial charge in [0.05, 0.1) is 0 Å². The molecule has 1 nitrogen and oxygen atoms in total. The smallest absolute Gasteiger partial charge is 0.0169 e. The maximum Gasteiger partial charge on any atom is 0.0169 e. The minimum atomic E-state index is 1.18. The van der Waals surface area contributed by atoms with Crippen molar-refractivity contribution in [2.75, 3.05) is 6.54 Å². The van der Waals surface area contributed by atoms with E-state index >= 15 is 0 Å². The Bertz CT molecular complexity index is 143. The summed E-state index contributed by atoms with van der Waals surface area (Å²) in [5, 5.41) is 0. The largest absolute Gasteiger partial charge is 0.261 e. The lowest BCUT2D eigenvalue weighted by Gasteiger charge is -2.03. The van der Waals surface area contributed by atoms with Crippen LogP contribution in [-0.2, 0) is 0 Å². The van der Waals surface area contributed by atoms with E-state index in [1.54, 1.807) is 0 Å². The summed E-state index contributed by atoms with van der Waals surface area (Å²) in [5.74, 6) is 0. The van der Waals surface area contributed by atoms with E-state index in [0.717, 1.165) is 0 Å². The van der Waals surface area contributed by atoms with Crippen molar-refractivity contribution in [2.45, 2.75) is 110 Å². The van der Waals surface area contributed by atoms with Gasteiger partial charge in [-0.05, 0) is 6.42 Å². The van der Waals surface area contributed by atoms with Crippen LogP contribution in [0.3, 0.4) is 0 Å². The molecular weight excluding hydrogens is 357 g/mol. The quantitative estimate of drug-likeness (QED) is 0.156. The Morgan fingerprint density at radius 3 is 1.10 bits per heavy atom. The van der Waals surface area contributed by atoms with Crippen LogP contribution in [0.4, 0.5) is 0 Å². The molecule has 0 rings (SSSR count). The summed E-state index contributed by atoms with van der Waals surface area (Å²) in [6.07, 6.45) is 23.2. The van der Waals surface area contributed by atoms with Gasteiger partial charge in [0, 0.05) is 29.4 Å². The highest BCUT2D eigenvalue weighted by Gasteiger charge is 1.94. The number of halogens is 1. The lowest BCUT2D eigenvalue weighted by Crippen LogP contribution is -1.98. The Hall–Kier alpha value is 0.690. The number of hydrogen-bond acceptors (Lipinski definition) is 1. The third-order valence-electron chi connectivity index (χ3n) is 4.12. The fourth-order valence-corrected chi connectivity index (χ4v) is 3.12. The van der Waals surface area contributed by atoms with Crippen molar-refractivity contribution in [2.24, 2.45) is 0 Å². The average molecular weight is 395 g/mol. The minimum Gasteiger partial charge on any atom is -0.261 e. The molecule has 0 saturated heterocycles. The number of nitrogens with one attached hydrogen (secondary N) is 1. The standard InChI is InChI=1S/C18H38IN/c1-2-3-4-5-6-7-8-9-10-11-12-13-14-15-16-17-18-20-19/h20H,2-18H2,1H3. The number of rotatable bonds is 17. The monoisotopic (exact) mass is 395 g/mol. The van der Waals surface area contributed by atoms with E-state index in [2.05, 4.69) is 33.3 Å². The predicted molar refractivity (Wildman–Crippen MR) is 102 cm³/mol. The van der Waals surface area contributed by atoms with Crippen molar-refractivity contribution in [3.63, 3.8) is 0 Å². The molecule has 0 aliphatic heterocycles. The van der Waals surface area contributed by atoms with Crippen LogP contribution in [0.1, 0.15) is 110 Å². The van der Waals surface area contributed by atoms with Crippen LogP contribution in [0.2, 0.25) is 0 Å². The van der Waals surface area contributed by atoms with Gasteiger partial charge >= 0.3 is 0 Å². The molecule has 0 spiro atoms. The van der Waals surface area contributed by atoms with Crippen molar-refractivity contribution >= 4 is 22.9 Å². The molecule has 0 aliphatic carbocycles. The van der Waals surface area contributed by atoms with E-state index < -0.39 is 0 Å². The summed E-state index contributed by atoms with van der Waals surface area (Å²) >= 11 is 2.24. The first kappa shape index (κ1) is 20.7. The molecule has 1 N–H and O–H groups in total. The summed E-state index contributed by atoms with van der Waals surface area (Å²) in [5.41, 5.74) is 0. The van der Waals surface area contributed by atoms with Crippen LogP contribution in [0.5, 0.6) is 0 Å². The first-order valence-electron chi connectivity index (χ1n) is 9.25. The van der Waals surface area contributed by atoms with E-state index in [0.29, 0.717) is 0 Å². The maximum atomic E-state index is 3.19. The molecule has 0 radical (unpaired) electrons. The van der Waals surface area contributed by atoms with Gasteiger partial charge in [-0.1, -0.05) is 103 Å². The molecule has 0 fully saturated rings. The van der Waals surface area contributed by atoms with Crippen LogP contribution < -0.4 is 3.53 Å². The van der Waals surface area contributed by atoms with Crippen LogP contribution in [0.25, 0.3) is 0 Å². The molecule has 0 heterocycles. The van der Waals surface area contributed by atoms with Gasteiger partial charge in [0.15, 0.2) is 0 Å². The van der Waals surface area contributed by atoms with Crippen molar-refractivity contribution in [3.05, 3.63) is 0 Å². The number of unbranched alkanes of at least 4 members (excludes halogenated alkanes) is 15. The van der Waals surface area contributed by atoms with E-state index in [-0.39, 0.29) is 0 Å². The molecule has 0 atom stereocenters. The van der Waals surface area contributed by atoms with E-state index in [1.165, 1.54) is 109 Å². The first-order chi connectivity index (χ1) is 9.91. The maximum absolute atomic E-state index is 3.19. The summed E-state index contributed by atoms with van der Waals surface area (Å²) in [4.78, 5) is 0. The molecule has 0 aromatic heterocycles. The molecule has 0 bridgehead atoms. The predicted octanol–water partition coefficient (Wildman–Crippen LogP) is 7.19. The average Bonchev–Trinajstić information content (AvgIpc) is 2.47. The molecule has 0 aromatic carbocycles. The van der Waals surface area contributed by atoms with Gasteiger partial charge in [-0.2, -0.15) is 0 Å². The third kappa shape index (κ3) is 18.7. The summed E-state index contributed by atoms with van der Waals surface area (Å²) in [6.45, 7) is 3.47. The molecule has 0 amide bonds.